The zero-order valence-electron chi connectivity index (χ0n) is 25.7. The van der Waals surface area contributed by atoms with E-state index in [1.54, 1.807) is 112 Å². The van der Waals surface area contributed by atoms with E-state index in [2.05, 4.69) is 0 Å². The summed E-state index contributed by atoms with van der Waals surface area (Å²) in [5.74, 6) is -3.60. The van der Waals surface area contributed by atoms with Crippen LogP contribution in [0, 0.1) is 20.8 Å². The van der Waals surface area contributed by atoms with E-state index in [9.17, 15) is 28.8 Å². The molecule has 0 aliphatic carbocycles. The maximum absolute atomic E-state index is 14.0. The second kappa shape index (κ2) is 15.1. The molecule has 6 heteroatoms. The van der Waals surface area contributed by atoms with Crippen LogP contribution in [-0.4, -0.2) is 36.2 Å². The molecule has 228 valence electrons. The number of rotatable bonds is 15. The summed E-state index contributed by atoms with van der Waals surface area (Å²) in [6, 6.07) is 25.9. The first-order chi connectivity index (χ1) is 21.8. The zero-order chi connectivity index (χ0) is 32.5. The molecule has 0 amide bonds. The second-order valence-electron chi connectivity index (χ2n) is 11.2. The minimum atomic E-state index is -0.921. The summed E-state index contributed by atoms with van der Waals surface area (Å²) in [4.78, 5) is 78.4. The molecule has 0 fully saturated rings. The van der Waals surface area contributed by atoms with Crippen LogP contribution < -0.4 is 0 Å². The van der Waals surface area contributed by atoms with Gasteiger partial charge in [0.15, 0.2) is 17.3 Å². The lowest BCUT2D eigenvalue weighted by atomic mass is 9.71. The molecular formula is C39H36O6. The van der Waals surface area contributed by atoms with E-state index >= 15 is 0 Å². The van der Waals surface area contributed by atoms with Crippen molar-refractivity contribution in [1.82, 2.24) is 0 Å². The Balaban J connectivity index is 2.08. The van der Waals surface area contributed by atoms with Gasteiger partial charge >= 0.3 is 0 Å². The van der Waals surface area contributed by atoms with E-state index in [1.807, 2.05) is 0 Å². The minimum Gasteiger partial charge on any atom is -0.303 e. The fraction of sp³-hybridized carbons (Fsp3) is 0.231. The molecular weight excluding hydrogens is 564 g/mol. The van der Waals surface area contributed by atoms with Gasteiger partial charge in [-0.3, -0.25) is 14.4 Å². The molecule has 0 spiro atoms. The van der Waals surface area contributed by atoms with Crippen LogP contribution in [0.4, 0.5) is 0 Å². The summed E-state index contributed by atoms with van der Waals surface area (Å²) in [5, 5.41) is 0. The first kappa shape index (κ1) is 32.8. The Hall–Kier alpha value is -5.10. The van der Waals surface area contributed by atoms with Gasteiger partial charge in [-0.2, -0.15) is 0 Å². The van der Waals surface area contributed by atoms with Crippen molar-refractivity contribution in [1.29, 1.82) is 0 Å². The average molecular weight is 601 g/mol. The maximum atomic E-state index is 14.0. The predicted molar refractivity (Wildman–Crippen MR) is 173 cm³/mol. The molecule has 4 rings (SSSR count). The van der Waals surface area contributed by atoms with Gasteiger partial charge in [-0.1, -0.05) is 91.0 Å². The number of aldehydes is 3. The SMILES string of the molecule is Cc1c(C(CC=O)C(=O)c2ccccc2)c(C)c(C(CC=O)C(=O)c2ccccc2)c(C)c1C(CC=O)C(=O)c1ccccc1. The third-order valence-corrected chi connectivity index (χ3v) is 8.59. The van der Waals surface area contributed by atoms with E-state index in [4.69, 9.17) is 0 Å². The van der Waals surface area contributed by atoms with Crippen LogP contribution in [0.5, 0.6) is 0 Å². The van der Waals surface area contributed by atoms with Gasteiger partial charge in [0.1, 0.15) is 18.9 Å². The Labute approximate surface area is 263 Å². The second-order valence-corrected chi connectivity index (χ2v) is 11.2. The Morgan fingerprint density at radius 2 is 0.667 bits per heavy atom. The third kappa shape index (κ3) is 6.86. The average Bonchev–Trinajstić information content (AvgIpc) is 3.07. The van der Waals surface area contributed by atoms with Gasteiger partial charge in [0.05, 0.1) is 17.8 Å². The maximum Gasteiger partial charge on any atom is 0.170 e. The molecule has 4 aromatic carbocycles. The fourth-order valence-electron chi connectivity index (χ4n) is 6.61. The first-order valence-electron chi connectivity index (χ1n) is 15.0. The number of benzene rings is 4. The number of hydrogen-bond donors (Lipinski definition) is 0. The number of carbonyl (C=O) groups excluding carboxylic acids is 6. The minimum absolute atomic E-state index is 0.132. The van der Waals surface area contributed by atoms with Gasteiger partial charge in [0, 0.05) is 36.0 Å². The van der Waals surface area contributed by atoms with E-state index in [0.717, 1.165) is 0 Å². The summed E-state index contributed by atoms with van der Waals surface area (Å²) < 4.78 is 0. The quantitative estimate of drug-likeness (QED) is 0.105. The van der Waals surface area contributed by atoms with Crippen LogP contribution in [0.2, 0.25) is 0 Å². The van der Waals surface area contributed by atoms with Crippen LogP contribution in [0.15, 0.2) is 91.0 Å². The summed E-state index contributed by atoms with van der Waals surface area (Å²) in [6.07, 6.45) is 1.69. The normalized spacial score (nSPS) is 12.9. The van der Waals surface area contributed by atoms with Crippen molar-refractivity contribution < 1.29 is 28.8 Å². The van der Waals surface area contributed by atoms with Gasteiger partial charge in [-0.05, 0) is 54.2 Å². The standard InChI is InChI=1S/C39H36O6/c1-25-34(31(19-22-40)37(43)28-13-7-4-8-14-28)26(2)36(33(21-24-42)39(45)30-17-11-6-12-18-30)27(3)35(25)32(20-23-41)38(44)29-15-9-5-10-16-29/h4-18,22-24,31-33H,19-21H2,1-3H3. The Morgan fingerprint density at radius 3 is 0.867 bits per heavy atom. The van der Waals surface area contributed by atoms with E-state index in [1.165, 1.54) is 0 Å². The summed E-state index contributed by atoms with van der Waals surface area (Å²) in [5.41, 5.74) is 4.67. The van der Waals surface area contributed by atoms with Crippen LogP contribution in [-0.2, 0) is 14.4 Å². The number of hydrogen-bond acceptors (Lipinski definition) is 6. The van der Waals surface area contributed by atoms with Crippen LogP contribution in [0.1, 0.15) is 101 Å². The molecule has 3 unspecified atom stereocenters. The topological polar surface area (TPSA) is 102 Å². The van der Waals surface area contributed by atoms with Crippen molar-refractivity contribution in [2.45, 2.75) is 57.8 Å². The smallest absolute Gasteiger partial charge is 0.170 e. The zero-order valence-corrected chi connectivity index (χ0v) is 25.7. The van der Waals surface area contributed by atoms with Gasteiger partial charge in [0.25, 0.3) is 0 Å². The Kier molecular flexibility index (Phi) is 11.0. The van der Waals surface area contributed by atoms with Gasteiger partial charge in [0.2, 0.25) is 0 Å². The molecule has 0 radical (unpaired) electrons. The molecule has 0 aliphatic heterocycles. The monoisotopic (exact) mass is 600 g/mol. The van der Waals surface area contributed by atoms with E-state index < -0.39 is 17.8 Å². The lowest BCUT2D eigenvalue weighted by Gasteiger charge is -2.31. The highest BCUT2D eigenvalue weighted by atomic mass is 16.1. The first-order valence-corrected chi connectivity index (χ1v) is 15.0. The number of Topliss-reactive ketones (excluding diaryl/α,β-unsaturated/α-hetero) is 3. The van der Waals surface area contributed by atoms with E-state index in [0.29, 0.717) is 68.9 Å². The van der Waals surface area contributed by atoms with Crippen LogP contribution in [0.25, 0.3) is 0 Å². The van der Waals surface area contributed by atoms with Crippen LogP contribution in [0.3, 0.4) is 0 Å². The lowest BCUT2D eigenvalue weighted by molar-refractivity contribution is -0.108. The van der Waals surface area contributed by atoms with Crippen LogP contribution >= 0.6 is 0 Å². The summed E-state index contributed by atoms with van der Waals surface area (Å²) in [6.45, 7) is 5.40. The van der Waals surface area contributed by atoms with Crippen molar-refractivity contribution >= 4 is 36.2 Å². The molecule has 0 N–H and O–H groups in total. The highest BCUT2D eigenvalue weighted by Crippen LogP contribution is 2.43. The molecule has 45 heavy (non-hydrogen) atoms. The lowest BCUT2D eigenvalue weighted by Crippen LogP contribution is -2.25. The molecule has 4 aromatic rings. The van der Waals surface area contributed by atoms with Crippen molar-refractivity contribution in [3.8, 4) is 0 Å². The third-order valence-electron chi connectivity index (χ3n) is 8.59. The fourth-order valence-corrected chi connectivity index (χ4v) is 6.61. The molecule has 0 aromatic heterocycles. The molecule has 0 heterocycles. The number of ketones is 3. The van der Waals surface area contributed by atoms with Gasteiger partial charge in [-0.25, -0.2) is 0 Å². The Bertz CT molecular complexity index is 1480. The highest BCUT2D eigenvalue weighted by Gasteiger charge is 2.36. The largest absolute Gasteiger partial charge is 0.303 e. The Morgan fingerprint density at radius 1 is 0.444 bits per heavy atom. The molecule has 0 saturated heterocycles. The molecule has 3 atom stereocenters. The van der Waals surface area contributed by atoms with Crippen molar-refractivity contribution in [2.75, 3.05) is 0 Å². The molecule has 0 bridgehead atoms. The number of carbonyl (C=O) groups is 6. The predicted octanol–water partition coefficient (Wildman–Crippen LogP) is 7.28. The van der Waals surface area contributed by atoms with Gasteiger partial charge in [-0.15, -0.1) is 0 Å². The summed E-state index contributed by atoms with van der Waals surface area (Å²) >= 11 is 0. The molecule has 0 saturated carbocycles. The van der Waals surface area contributed by atoms with E-state index in [-0.39, 0.29) is 36.6 Å². The van der Waals surface area contributed by atoms with Crippen molar-refractivity contribution in [2.24, 2.45) is 0 Å². The van der Waals surface area contributed by atoms with Crippen molar-refractivity contribution in [3.63, 3.8) is 0 Å². The van der Waals surface area contributed by atoms with Gasteiger partial charge < -0.3 is 14.4 Å². The van der Waals surface area contributed by atoms with Crippen molar-refractivity contribution in [3.05, 3.63) is 141 Å². The molecule has 6 nitrogen and oxygen atoms in total. The highest BCUT2D eigenvalue weighted by molar-refractivity contribution is 6.06. The summed E-state index contributed by atoms with van der Waals surface area (Å²) in [7, 11) is 0. The molecule has 0 aliphatic rings.